The van der Waals surface area contributed by atoms with E-state index in [0.717, 1.165) is 0 Å². The Hall–Kier alpha value is -3.02. The van der Waals surface area contributed by atoms with Gasteiger partial charge in [-0.1, -0.05) is 0 Å². The number of aromatic hydroxyl groups is 3. The summed E-state index contributed by atoms with van der Waals surface area (Å²) in [5.74, 6) is 0.0109. The highest BCUT2D eigenvalue weighted by molar-refractivity contribution is 5.69. The smallest absolute Gasteiger partial charge is 0.229 e. The maximum atomic E-state index is 10.2. The fourth-order valence-corrected chi connectivity index (χ4v) is 3.50. The number of hydrogen-bond acceptors (Lipinski definition) is 10. The lowest BCUT2D eigenvalue weighted by atomic mass is 9.99. The molecule has 0 saturated carbocycles. The molecule has 1 fully saturated rings. The molecule has 5 unspecified atom stereocenters. The molecule has 2 aromatic rings. The van der Waals surface area contributed by atoms with Crippen molar-refractivity contribution in [2.45, 2.75) is 37.1 Å². The number of aliphatic hydroxyl groups is 4. The van der Waals surface area contributed by atoms with E-state index >= 15 is 0 Å². The van der Waals surface area contributed by atoms with E-state index in [2.05, 4.69) is 0 Å². The standard InChI is InChI=1S/C21H22O10/c22-8-17-18(26)19(27)20(28)21(31-17)30-16-5-9(1-3-12(16)24)14-4-2-11-13(25)6-10(23)7-15(11)29-14/h1,3-7,17-28H,2,8H2. The Balaban J connectivity index is 1.58. The van der Waals surface area contributed by atoms with E-state index in [9.17, 15) is 35.7 Å². The van der Waals surface area contributed by atoms with Crippen LogP contribution in [0.25, 0.3) is 5.76 Å². The van der Waals surface area contributed by atoms with E-state index in [4.69, 9.17) is 14.2 Å². The fourth-order valence-electron chi connectivity index (χ4n) is 3.50. The van der Waals surface area contributed by atoms with Crippen LogP contribution in [0.15, 0.2) is 36.4 Å². The molecule has 0 amide bonds. The quantitative estimate of drug-likeness (QED) is 0.346. The van der Waals surface area contributed by atoms with Crippen molar-refractivity contribution in [2.75, 3.05) is 6.61 Å². The van der Waals surface area contributed by atoms with Gasteiger partial charge in [0, 0.05) is 29.7 Å². The lowest BCUT2D eigenvalue weighted by molar-refractivity contribution is -0.277. The molecule has 4 rings (SSSR count). The molecule has 166 valence electrons. The number of aliphatic hydroxyl groups excluding tert-OH is 4. The van der Waals surface area contributed by atoms with E-state index in [1.165, 1.54) is 24.3 Å². The number of phenols is 3. The van der Waals surface area contributed by atoms with Gasteiger partial charge in [-0.3, -0.25) is 0 Å². The molecule has 2 aliphatic rings. The molecule has 0 radical (unpaired) electrons. The van der Waals surface area contributed by atoms with Crippen LogP contribution in [0.5, 0.6) is 28.7 Å². The van der Waals surface area contributed by atoms with Crippen LogP contribution in [0, 0.1) is 0 Å². The van der Waals surface area contributed by atoms with Crippen LogP contribution in [0.1, 0.15) is 11.1 Å². The zero-order valence-electron chi connectivity index (χ0n) is 16.1. The second-order valence-electron chi connectivity index (χ2n) is 7.31. The number of ether oxygens (including phenoxy) is 3. The van der Waals surface area contributed by atoms with Crippen LogP contribution in [-0.4, -0.2) is 73.1 Å². The molecule has 31 heavy (non-hydrogen) atoms. The van der Waals surface area contributed by atoms with Gasteiger partial charge in [-0.25, -0.2) is 0 Å². The fraction of sp³-hybridized carbons (Fsp3) is 0.333. The van der Waals surface area contributed by atoms with Gasteiger partial charge in [0.15, 0.2) is 11.5 Å². The summed E-state index contributed by atoms with van der Waals surface area (Å²) in [4.78, 5) is 0. The van der Waals surface area contributed by atoms with Crippen molar-refractivity contribution < 1.29 is 50.0 Å². The number of hydrogen-bond donors (Lipinski definition) is 7. The molecular formula is C21H22O10. The van der Waals surface area contributed by atoms with Gasteiger partial charge >= 0.3 is 0 Å². The van der Waals surface area contributed by atoms with Gasteiger partial charge in [0.1, 0.15) is 47.4 Å². The molecule has 0 spiro atoms. The molecule has 7 N–H and O–H groups in total. The van der Waals surface area contributed by atoms with Crippen molar-refractivity contribution in [1.82, 2.24) is 0 Å². The maximum Gasteiger partial charge on any atom is 0.229 e. The topological polar surface area (TPSA) is 169 Å². The first-order valence-corrected chi connectivity index (χ1v) is 9.52. The van der Waals surface area contributed by atoms with Crippen LogP contribution in [0.2, 0.25) is 0 Å². The number of phenolic OH excluding ortho intramolecular Hbond substituents is 3. The minimum atomic E-state index is -1.64. The van der Waals surface area contributed by atoms with Gasteiger partial charge in [-0.2, -0.15) is 0 Å². The van der Waals surface area contributed by atoms with Crippen molar-refractivity contribution in [3.8, 4) is 28.7 Å². The van der Waals surface area contributed by atoms with Crippen LogP contribution in [-0.2, 0) is 11.2 Å². The maximum absolute atomic E-state index is 10.2. The predicted molar refractivity (Wildman–Crippen MR) is 105 cm³/mol. The molecule has 2 heterocycles. The molecule has 0 aromatic heterocycles. The summed E-state index contributed by atoms with van der Waals surface area (Å²) in [6.45, 7) is -0.614. The average molecular weight is 434 g/mol. The summed E-state index contributed by atoms with van der Waals surface area (Å²) in [5.41, 5.74) is 0.990. The van der Waals surface area contributed by atoms with E-state index in [1.54, 1.807) is 12.1 Å². The van der Waals surface area contributed by atoms with Gasteiger partial charge in [-0.05, 0) is 24.3 Å². The average Bonchev–Trinajstić information content (AvgIpc) is 2.75. The van der Waals surface area contributed by atoms with Crippen molar-refractivity contribution in [1.29, 1.82) is 0 Å². The SMILES string of the molecule is OCC1OC(Oc2cc(C3=CCc4c(O)cc(O)cc4O3)ccc2O)C(O)C(O)C1O. The first kappa shape index (κ1) is 21.2. The number of benzene rings is 2. The molecule has 0 bridgehead atoms. The monoisotopic (exact) mass is 434 g/mol. The Morgan fingerprint density at radius 2 is 1.71 bits per heavy atom. The third-order valence-electron chi connectivity index (χ3n) is 5.22. The molecule has 2 aliphatic heterocycles. The van der Waals surface area contributed by atoms with Crippen LogP contribution in [0.3, 0.4) is 0 Å². The Morgan fingerprint density at radius 1 is 0.935 bits per heavy atom. The third kappa shape index (κ3) is 3.99. The summed E-state index contributed by atoms with van der Waals surface area (Å²) in [5, 5.41) is 69.0. The van der Waals surface area contributed by atoms with Gasteiger partial charge in [0.25, 0.3) is 0 Å². The molecule has 0 aliphatic carbocycles. The zero-order chi connectivity index (χ0) is 22.3. The molecular weight excluding hydrogens is 412 g/mol. The summed E-state index contributed by atoms with van der Waals surface area (Å²) >= 11 is 0. The molecule has 5 atom stereocenters. The lowest BCUT2D eigenvalue weighted by Crippen LogP contribution is -2.60. The van der Waals surface area contributed by atoms with Crippen LogP contribution < -0.4 is 9.47 Å². The van der Waals surface area contributed by atoms with Crippen LogP contribution >= 0.6 is 0 Å². The summed E-state index contributed by atoms with van der Waals surface area (Å²) in [6.07, 6.45) is -5.38. The van der Waals surface area contributed by atoms with Crippen molar-refractivity contribution in [3.63, 3.8) is 0 Å². The highest BCUT2D eigenvalue weighted by Crippen LogP contribution is 2.40. The van der Waals surface area contributed by atoms with Crippen molar-refractivity contribution in [2.24, 2.45) is 0 Å². The summed E-state index contributed by atoms with van der Waals surface area (Å²) in [6, 6.07) is 6.88. The Morgan fingerprint density at radius 3 is 2.45 bits per heavy atom. The first-order valence-electron chi connectivity index (χ1n) is 9.52. The molecule has 2 aromatic carbocycles. The van der Waals surface area contributed by atoms with E-state index in [0.29, 0.717) is 23.3 Å². The second kappa shape index (κ2) is 8.25. The van der Waals surface area contributed by atoms with E-state index in [-0.39, 0.29) is 28.7 Å². The number of allylic oxidation sites excluding steroid dienone is 1. The largest absolute Gasteiger partial charge is 0.508 e. The number of fused-ring (bicyclic) bond motifs is 1. The predicted octanol–water partition coefficient (Wildman–Crippen LogP) is -0.0419. The Bertz CT molecular complexity index is 1000. The van der Waals surface area contributed by atoms with Gasteiger partial charge < -0.3 is 50.0 Å². The van der Waals surface area contributed by atoms with Crippen LogP contribution in [0.4, 0.5) is 0 Å². The Kier molecular flexibility index (Phi) is 5.65. The third-order valence-corrected chi connectivity index (χ3v) is 5.22. The summed E-state index contributed by atoms with van der Waals surface area (Å²) in [7, 11) is 0. The summed E-state index contributed by atoms with van der Waals surface area (Å²) < 4.78 is 16.6. The minimum absolute atomic E-state index is 0.0948. The normalized spacial score (nSPS) is 27.7. The Labute approximate surface area is 176 Å². The highest BCUT2D eigenvalue weighted by Gasteiger charge is 2.45. The minimum Gasteiger partial charge on any atom is -0.508 e. The lowest BCUT2D eigenvalue weighted by Gasteiger charge is -2.39. The van der Waals surface area contributed by atoms with Gasteiger partial charge in [0.2, 0.25) is 6.29 Å². The molecule has 1 saturated heterocycles. The zero-order valence-corrected chi connectivity index (χ0v) is 16.1. The first-order chi connectivity index (χ1) is 14.8. The van der Waals surface area contributed by atoms with Gasteiger partial charge in [0.05, 0.1) is 6.61 Å². The van der Waals surface area contributed by atoms with Crippen molar-refractivity contribution in [3.05, 3.63) is 47.5 Å². The number of rotatable bonds is 4. The second-order valence-corrected chi connectivity index (χ2v) is 7.31. The molecule has 10 heteroatoms. The van der Waals surface area contributed by atoms with E-state index in [1.807, 2.05) is 0 Å². The molecule has 10 nitrogen and oxygen atoms in total. The van der Waals surface area contributed by atoms with E-state index < -0.39 is 37.3 Å². The van der Waals surface area contributed by atoms with Crippen molar-refractivity contribution >= 4 is 5.76 Å². The highest BCUT2D eigenvalue weighted by atomic mass is 16.7. The van der Waals surface area contributed by atoms with Gasteiger partial charge in [-0.15, -0.1) is 0 Å².